The maximum atomic E-state index is 9.52. The molecule has 0 radical (unpaired) electrons. The molecule has 0 aromatic carbocycles. The van der Waals surface area contributed by atoms with Gasteiger partial charge in [-0.2, -0.15) is 5.10 Å². The molecule has 0 bridgehead atoms. The van der Waals surface area contributed by atoms with Crippen LogP contribution in [0, 0.1) is 5.92 Å². The average molecular weight is 197 g/mol. The zero-order valence-corrected chi connectivity index (χ0v) is 9.14. The molecule has 2 atom stereocenters. The Morgan fingerprint density at radius 3 is 2.71 bits per heavy atom. The predicted octanol–water partition coefficient (Wildman–Crippen LogP) is 1.25. The van der Waals surface area contributed by atoms with Crippen molar-refractivity contribution < 1.29 is 5.11 Å². The lowest BCUT2D eigenvalue weighted by molar-refractivity contribution is 0.121. The van der Waals surface area contributed by atoms with E-state index in [0.29, 0.717) is 0 Å². The van der Waals surface area contributed by atoms with Crippen LogP contribution in [0.4, 0.5) is 0 Å². The van der Waals surface area contributed by atoms with Crippen molar-refractivity contribution in [1.82, 2.24) is 14.8 Å². The van der Waals surface area contributed by atoms with Gasteiger partial charge in [-0.25, -0.2) is 4.98 Å². The molecule has 0 spiro atoms. The van der Waals surface area contributed by atoms with Crippen molar-refractivity contribution in [3.63, 3.8) is 0 Å². The van der Waals surface area contributed by atoms with Gasteiger partial charge in [-0.05, 0) is 19.8 Å². The quantitative estimate of drug-likeness (QED) is 0.772. The lowest BCUT2D eigenvalue weighted by Crippen LogP contribution is -2.20. The molecule has 2 unspecified atom stereocenters. The summed E-state index contributed by atoms with van der Waals surface area (Å²) in [6, 6.07) is 0. The highest BCUT2D eigenvalue weighted by Gasteiger charge is 2.16. The van der Waals surface area contributed by atoms with Gasteiger partial charge in [0.15, 0.2) is 0 Å². The average Bonchev–Trinajstić information content (AvgIpc) is 2.60. The second-order valence-electron chi connectivity index (χ2n) is 3.61. The minimum Gasteiger partial charge on any atom is -0.393 e. The van der Waals surface area contributed by atoms with Crippen molar-refractivity contribution in [3.05, 3.63) is 12.2 Å². The van der Waals surface area contributed by atoms with Gasteiger partial charge in [0.2, 0.25) is 0 Å². The summed E-state index contributed by atoms with van der Waals surface area (Å²) in [5.41, 5.74) is 0. The van der Waals surface area contributed by atoms with Gasteiger partial charge in [0, 0.05) is 13.0 Å². The molecule has 4 heteroatoms. The van der Waals surface area contributed by atoms with Crippen molar-refractivity contribution in [2.75, 3.05) is 0 Å². The molecule has 0 amide bonds. The van der Waals surface area contributed by atoms with E-state index >= 15 is 0 Å². The highest BCUT2D eigenvalue weighted by atomic mass is 16.3. The van der Waals surface area contributed by atoms with Gasteiger partial charge in [-0.15, -0.1) is 0 Å². The normalized spacial score (nSPS) is 15.4. The first-order valence-electron chi connectivity index (χ1n) is 5.23. The summed E-state index contributed by atoms with van der Waals surface area (Å²) < 4.78 is 1.88. The van der Waals surface area contributed by atoms with Crippen LogP contribution in [0.2, 0.25) is 0 Å². The Kier molecular flexibility index (Phi) is 4.07. The molecular formula is C10H19N3O. The minimum atomic E-state index is -0.276. The van der Waals surface area contributed by atoms with Crippen LogP contribution >= 0.6 is 0 Å². The van der Waals surface area contributed by atoms with Crippen molar-refractivity contribution in [1.29, 1.82) is 0 Å². The van der Waals surface area contributed by atoms with Crippen molar-refractivity contribution in [2.24, 2.45) is 5.92 Å². The second-order valence-corrected chi connectivity index (χ2v) is 3.61. The maximum absolute atomic E-state index is 9.52. The van der Waals surface area contributed by atoms with Crippen LogP contribution in [0.15, 0.2) is 6.33 Å². The van der Waals surface area contributed by atoms with Crippen LogP contribution in [0.5, 0.6) is 0 Å². The number of aliphatic hydroxyl groups excluding tert-OH is 1. The molecule has 0 fully saturated rings. The van der Waals surface area contributed by atoms with Crippen LogP contribution in [-0.2, 0) is 13.0 Å². The SMILES string of the molecule is CCC(Cc1ncnn1CC)C(C)O. The number of aromatic nitrogens is 3. The van der Waals surface area contributed by atoms with Crippen LogP contribution in [0.25, 0.3) is 0 Å². The fourth-order valence-corrected chi connectivity index (χ4v) is 1.60. The first-order valence-corrected chi connectivity index (χ1v) is 5.23. The van der Waals surface area contributed by atoms with Gasteiger partial charge < -0.3 is 5.11 Å². The van der Waals surface area contributed by atoms with E-state index in [1.54, 1.807) is 6.33 Å². The van der Waals surface area contributed by atoms with E-state index in [1.165, 1.54) is 0 Å². The zero-order chi connectivity index (χ0) is 10.6. The summed E-state index contributed by atoms with van der Waals surface area (Å²) in [5.74, 6) is 1.25. The Morgan fingerprint density at radius 1 is 1.50 bits per heavy atom. The van der Waals surface area contributed by atoms with Gasteiger partial charge in [0.05, 0.1) is 6.10 Å². The van der Waals surface area contributed by atoms with Crippen LogP contribution in [-0.4, -0.2) is 26.0 Å². The van der Waals surface area contributed by atoms with Crippen molar-refractivity contribution >= 4 is 0 Å². The minimum absolute atomic E-state index is 0.276. The van der Waals surface area contributed by atoms with E-state index < -0.39 is 0 Å². The Morgan fingerprint density at radius 2 is 2.21 bits per heavy atom. The summed E-state index contributed by atoms with van der Waals surface area (Å²) in [6.07, 6.45) is 3.08. The molecule has 14 heavy (non-hydrogen) atoms. The molecule has 1 aromatic heterocycles. The molecular weight excluding hydrogens is 178 g/mol. The Labute approximate surface area is 85.0 Å². The maximum Gasteiger partial charge on any atom is 0.138 e. The van der Waals surface area contributed by atoms with E-state index in [1.807, 2.05) is 18.5 Å². The van der Waals surface area contributed by atoms with Gasteiger partial charge in [0.1, 0.15) is 12.2 Å². The summed E-state index contributed by atoms with van der Waals surface area (Å²) in [4.78, 5) is 4.20. The van der Waals surface area contributed by atoms with Crippen molar-refractivity contribution in [2.45, 2.75) is 46.3 Å². The van der Waals surface area contributed by atoms with E-state index in [9.17, 15) is 5.11 Å². The van der Waals surface area contributed by atoms with E-state index in [4.69, 9.17) is 0 Å². The van der Waals surface area contributed by atoms with Gasteiger partial charge in [-0.1, -0.05) is 13.3 Å². The largest absolute Gasteiger partial charge is 0.393 e. The Balaban J connectivity index is 2.66. The third kappa shape index (κ3) is 2.54. The lowest BCUT2D eigenvalue weighted by Gasteiger charge is -2.17. The first kappa shape index (κ1) is 11.2. The number of rotatable bonds is 5. The summed E-state index contributed by atoms with van der Waals surface area (Å²) in [7, 11) is 0. The molecule has 0 aliphatic rings. The number of aliphatic hydroxyl groups is 1. The van der Waals surface area contributed by atoms with E-state index in [-0.39, 0.29) is 12.0 Å². The first-order chi connectivity index (χ1) is 6.69. The Bertz CT molecular complexity index is 270. The summed E-state index contributed by atoms with van der Waals surface area (Å²) >= 11 is 0. The molecule has 80 valence electrons. The van der Waals surface area contributed by atoms with Gasteiger partial charge in [-0.3, -0.25) is 4.68 Å². The van der Waals surface area contributed by atoms with Gasteiger partial charge in [0.25, 0.3) is 0 Å². The highest BCUT2D eigenvalue weighted by molar-refractivity contribution is 4.88. The molecule has 1 rings (SSSR count). The molecule has 1 N–H and O–H groups in total. The smallest absolute Gasteiger partial charge is 0.138 e. The molecule has 0 saturated heterocycles. The van der Waals surface area contributed by atoms with Crippen LogP contribution in [0.3, 0.4) is 0 Å². The number of aryl methyl sites for hydroxylation is 1. The van der Waals surface area contributed by atoms with Crippen LogP contribution in [0.1, 0.15) is 33.0 Å². The van der Waals surface area contributed by atoms with Crippen LogP contribution < -0.4 is 0 Å². The number of hydrogen-bond donors (Lipinski definition) is 1. The highest BCUT2D eigenvalue weighted by Crippen LogP contribution is 2.14. The molecule has 0 saturated carbocycles. The predicted molar refractivity (Wildman–Crippen MR) is 54.9 cm³/mol. The summed E-state index contributed by atoms with van der Waals surface area (Å²) in [6.45, 7) is 6.80. The number of hydrogen-bond acceptors (Lipinski definition) is 3. The molecule has 4 nitrogen and oxygen atoms in total. The Hall–Kier alpha value is -0.900. The molecule has 1 aromatic rings. The molecule has 0 aliphatic carbocycles. The second kappa shape index (κ2) is 5.10. The number of nitrogens with zero attached hydrogens (tertiary/aromatic N) is 3. The lowest BCUT2D eigenvalue weighted by atomic mass is 9.96. The fraction of sp³-hybridized carbons (Fsp3) is 0.800. The zero-order valence-electron chi connectivity index (χ0n) is 9.14. The molecule has 1 heterocycles. The third-order valence-electron chi connectivity index (χ3n) is 2.65. The summed E-state index contributed by atoms with van der Waals surface area (Å²) in [5, 5.41) is 13.6. The third-order valence-corrected chi connectivity index (χ3v) is 2.65. The topological polar surface area (TPSA) is 50.9 Å². The fourth-order valence-electron chi connectivity index (χ4n) is 1.60. The monoisotopic (exact) mass is 197 g/mol. The van der Waals surface area contributed by atoms with E-state index in [0.717, 1.165) is 25.2 Å². The molecule has 0 aliphatic heterocycles. The van der Waals surface area contributed by atoms with Crippen molar-refractivity contribution in [3.8, 4) is 0 Å². The standard InChI is InChI=1S/C10H19N3O/c1-4-9(8(3)14)6-10-11-7-12-13(10)5-2/h7-9,14H,4-6H2,1-3H3. The van der Waals surface area contributed by atoms with E-state index in [2.05, 4.69) is 17.0 Å². The van der Waals surface area contributed by atoms with Gasteiger partial charge >= 0.3 is 0 Å².